The third kappa shape index (κ3) is 3.53. The smallest absolute Gasteiger partial charge is 0.407 e. The lowest BCUT2D eigenvalue weighted by Gasteiger charge is -2.47. The van der Waals surface area contributed by atoms with Crippen molar-refractivity contribution in [3.8, 4) is 0 Å². The molecule has 0 aromatic heterocycles. The molecule has 1 amide bonds. The van der Waals surface area contributed by atoms with E-state index < -0.39 is 6.09 Å². The number of amides is 1. The SMILES string of the molecule is CCOC(=O)C1CNCC12CC(NC(=O)OCc1ccccc1)C2. The van der Waals surface area contributed by atoms with Gasteiger partial charge in [-0.2, -0.15) is 0 Å². The molecule has 1 heterocycles. The molecule has 2 fully saturated rings. The van der Waals surface area contributed by atoms with Crippen molar-refractivity contribution in [2.45, 2.75) is 32.4 Å². The first kappa shape index (κ1) is 16.8. The van der Waals surface area contributed by atoms with Gasteiger partial charge in [-0.25, -0.2) is 4.79 Å². The Hall–Kier alpha value is -2.08. The third-order valence-corrected chi connectivity index (χ3v) is 4.98. The van der Waals surface area contributed by atoms with Gasteiger partial charge in [-0.15, -0.1) is 0 Å². The van der Waals surface area contributed by atoms with Crippen LogP contribution in [-0.2, 0) is 20.9 Å². The second-order valence-corrected chi connectivity index (χ2v) is 6.61. The van der Waals surface area contributed by atoms with Crippen LogP contribution in [0.1, 0.15) is 25.3 Å². The van der Waals surface area contributed by atoms with Crippen LogP contribution in [0.15, 0.2) is 30.3 Å². The number of hydrogen-bond donors (Lipinski definition) is 2. The Balaban J connectivity index is 1.44. The van der Waals surface area contributed by atoms with Crippen molar-refractivity contribution in [1.82, 2.24) is 10.6 Å². The van der Waals surface area contributed by atoms with Crippen molar-refractivity contribution in [2.24, 2.45) is 11.3 Å². The highest BCUT2D eigenvalue weighted by atomic mass is 16.5. The molecule has 24 heavy (non-hydrogen) atoms. The number of ether oxygens (including phenoxy) is 2. The summed E-state index contributed by atoms with van der Waals surface area (Å²) in [5, 5.41) is 6.17. The van der Waals surface area contributed by atoms with Crippen LogP contribution >= 0.6 is 0 Å². The van der Waals surface area contributed by atoms with E-state index in [1.165, 1.54) is 0 Å². The zero-order valence-corrected chi connectivity index (χ0v) is 13.9. The zero-order chi connectivity index (χ0) is 17.0. The van der Waals surface area contributed by atoms with Crippen molar-refractivity contribution < 1.29 is 19.1 Å². The van der Waals surface area contributed by atoms with Crippen molar-refractivity contribution in [1.29, 1.82) is 0 Å². The van der Waals surface area contributed by atoms with Gasteiger partial charge in [0.1, 0.15) is 6.61 Å². The topological polar surface area (TPSA) is 76.7 Å². The third-order valence-electron chi connectivity index (χ3n) is 4.98. The molecule has 3 rings (SSSR count). The maximum absolute atomic E-state index is 12.1. The Labute approximate surface area is 141 Å². The average molecular weight is 332 g/mol. The van der Waals surface area contributed by atoms with Crippen LogP contribution in [0.2, 0.25) is 0 Å². The summed E-state index contributed by atoms with van der Waals surface area (Å²) in [4.78, 5) is 24.0. The first-order valence-electron chi connectivity index (χ1n) is 8.47. The number of nitrogens with one attached hydrogen (secondary N) is 2. The normalized spacial score (nSPS) is 28.2. The molecule has 2 N–H and O–H groups in total. The molecule has 1 aromatic rings. The first-order valence-corrected chi connectivity index (χ1v) is 8.47. The molecule has 6 heteroatoms. The van der Waals surface area contributed by atoms with Crippen molar-refractivity contribution in [2.75, 3.05) is 19.7 Å². The lowest BCUT2D eigenvalue weighted by atomic mass is 9.60. The molecule has 1 spiro atoms. The molecule has 1 unspecified atom stereocenters. The summed E-state index contributed by atoms with van der Waals surface area (Å²) in [6.45, 7) is 3.94. The quantitative estimate of drug-likeness (QED) is 0.805. The fourth-order valence-corrected chi connectivity index (χ4v) is 3.77. The Morgan fingerprint density at radius 2 is 2.00 bits per heavy atom. The van der Waals surface area contributed by atoms with Crippen LogP contribution in [0, 0.1) is 11.3 Å². The zero-order valence-electron chi connectivity index (χ0n) is 13.9. The predicted molar refractivity (Wildman–Crippen MR) is 88.2 cm³/mol. The second kappa shape index (κ2) is 7.21. The molecule has 2 aliphatic rings. The minimum absolute atomic E-state index is 0.0603. The molecule has 0 radical (unpaired) electrons. The molecular formula is C18H24N2O4. The van der Waals surface area contributed by atoms with Gasteiger partial charge < -0.3 is 20.1 Å². The predicted octanol–water partition coefficient (Wildman–Crippen LogP) is 1.84. The van der Waals surface area contributed by atoms with Crippen LogP contribution in [0.4, 0.5) is 4.79 Å². The molecule has 1 saturated carbocycles. The molecule has 1 aliphatic carbocycles. The van der Waals surface area contributed by atoms with E-state index in [1.807, 2.05) is 37.3 Å². The van der Waals surface area contributed by atoms with Crippen LogP contribution in [0.25, 0.3) is 0 Å². The highest BCUT2D eigenvalue weighted by Gasteiger charge is 2.55. The second-order valence-electron chi connectivity index (χ2n) is 6.61. The van der Waals surface area contributed by atoms with E-state index >= 15 is 0 Å². The first-order chi connectivity index (χ1) is 11.6. The summed E-state index contributed by atoms with van der Waals surface area (Å²) in [7, 11) is 0. The molecule has 1 aromatic carbocycles. The van der Waals surface area contributed by atoms with E-state index in [2.05, 4.69) is 10.6 Å². The largest absolute Gasteiger partial charge is 0.466 e. The highest BCUT2D eigenvalue weighted by Crippen LogP contribution is 2.49. The Kier molecular flexibility index (Phi) is 5.04. The minimum Gasteiger partial charge on any atom is -0.466 e. The number of rotatable bonds is 5. The van der Waals surface area contributed by atoms with Crippen molar-refractivity contribution in [3.05, 3.63) is 35.9 Å². The van der Waals surface area contributed by atoms with Gasteiger partial charge in [0, 0.05) is 24.5 Å². The van der Waals surface area contributed by atoms with Crippen LogP contribution < -0.4 is 10.6 Å². The van der Waals surface area contributed by atoms with E-state index in [0.29, 0.717) is 13.2 Å². The fraction of sp³-hybridized carbons (Fsp3) is 0.556. The van der Waals surface area contributed by atoms with Gasteiger partial charge in [0.15, 0.2) is 0 Å². The number of alkyl carbamates (subject to hydrolysis) is 1. The summed E-state index contributed by atoms with van der Waals surface area (Å²) in [6, 6.07) is 9.64. The van der Waals surface area contributed by atoms with Crippen LogP contribution in [0.3, 0.4) is 0 Å². The van der Waals surface area contributed by atoms with Gasteiger partial charge in [0.05, 0.1) is 12.5 Å². The minimum atomic E-state index is -0.405. The maximum atomic E-state index is 12.1. The molecule has 1 atom stereocenters. The number of esters is 1. The van der Waals surface area contributed by atoms with E-state index in [1.54, 1.807) is 0 Å². The van der Waals surface area contributed by atoms with Crippen molar-refractivity contribution >= 4 is 12.1 Å². The van der Waals surface area contributed by atoms with Gasteiger partial charge in [0.25, 0.3) is 0 Å². The van der Waals surface area contributed by atoms with Crippen molar-refractivity contribution in [3.63, 3.8) is 0 Å². The molecular weight excluding hydrogens is 308 g/mol. The standard InChI is InChI=1S/C18H24N2O4/c1-2-23-16(21)15-10-19-12-18(15)8-14(9-18)20-17(22)24-11-13-6-4-3-5-7-13/h3-7,14-15,19H,2,8-12H2,1H3,(H,20,22). The number of benzene rings is 1. The lowest BCUT2D eigenvalue weighted by molar-refractivity contribution is -0.153. The Morgan fingerprint density at radius 1 is 1.25 bits per heavy atom. The molecule has 1 saturated heterocycles. The fourth-order valence-electron chi connectivity index (χ4n) is 3.77. The van der Waals surface area contributed by atoms with Crippen LogP contribution in [-0.4, -0.2) is 37.8 Å². The van der Waals surface area contributed by atoms with Gasteiger partial charge in [-0.1, -0.05) is 30.3 Å². The summed E-state index contributed by atoms with van der Waals surface area (Å²) >= 11 is 0. The monoisotopic (exact) mass is 332 g/mol. The molecule has 6 nitrogen and oxygen atoms in total. The Morgan fingerprint density at radius 3 is 2.71 bits per heavy atom. The summed E-state index contributed by atoms with van der Waals surface area (Å²) in [5.74, 6) is -0.247. The van der Waals surface area contributed by atoms with E-state index in [0.717, 1.165) is 24.9 Å². The Bertz CT molecular complexity index is 584. The molecule has 130 valence electrons. The van der Waals surface area contributed by atoms with Gasteiger partial charge >= 0.3 is 12.1 Å². The van der Waals surface area contributed by atoms with E-state index in [4.69, 9.17) is 9.47 Å². The number of carbonyl (C=O) groups excluding carboxylic acids is 2. The maximum Gasteiger partial charge on any atom is 0.407 e. The number of carbonyl (C=O) groups is 2. The van der Waals surface area contributed by atoms with E-state index in [-0.39, 0.29) is 30.0 Å². The summed E-state index contributed by atoms with van der Waals surface area (Å²) in [5.41, 5.74) is 0.879. The van der Waals surface area contributed by atoms with E-state index in [9.17, 15) is 9.59 Å². The molecule has 0 bridgehead atoms. The van der Waals surface area contributed by atoms with Gasteiger partial charge in [-0.05, 0) is 25.3 Å². The van der Waals surface area contributed by atoms with Crippen LogP contribution in [0.5, 0.6) is 0 Å². The lowest BCUT2D eigenvalue weighted by Crippen LogP contribution is -2.55. The average Bonchev–Trinajstić information content (AvgIpc) is 2.99. The van der Waals surface area contributed by atoms with Gasteiger partial charge in [0.2, 0.25) is 0 Å². The van der Waals surface area contributed by atoms with Gasteiger partial charge in [-0.3, -0.25) is 4.79 Å². The number of hydrogen-bond acceptors (Lipinski definition) is 5. The highest BCUT2D eigenvalue weighted by molar-refractivity contribution is 5.75. The molecule has 1 aliphatic heterocycles. The summed E-state index contributed by atoms with van der Waals surface area (Å²) < 4.78 is 10.4. The summed E-state index contributed by atoms with van der Waals surface area (Å²) in [6.07, 6.45) is 1.16.